The Bertz CT molecular complexity index is 1320. The van der Waals surface area contributed by atoms with E-state index in [2.05, 4.69) is 26.1 Å². The van der Waals surface area contributed by atoms with Gasteiger partial charge in [-0.2, -0.15) is 5.10 Å². The Morgan fingerprint density at radius 2 is 1.84 bits per heavy atom. The first-order chi connectivity index (χ1) is 17.9. The minimum atomic E-state index is -1.16. The average Bonchev–Trinajstić information content (AvgIpc) is 3.51. The molecule has 38 heavy (non-hydrogen) atoms. The van der Waals surface area contributed by atoms with Gasteiger partial charge in [-0.3, -0.25) is 14.7 Å². The first kappa shape index (κ1) is 28.6. The quantitative estimate of drug-likeness (QED) is 0.302. The first-order valence-electron chi connectivity index (χ1n) is 12.1. The fourth-order valence-electron chi connectivity index (χ4n) is 3.63. The molecule has 1 atom stereocenters. The number of ether oxygens (including phenoxy) is 2. The molecule has 0 fully saturated rings. The molecule has 0 radical (unpaired) electrons. The Balaban J connectivity index is 1.72. The molecule has 0 spiro atoms. The number of aromatic nitrogens is 2. The van der Waals surface area contributed by atoms with E-state index in [1.807, 2.05) is 32.0 Å². The number of nitrogens with zero attached hydrogens (tertiary/aromatic N) is 1. The van der Waals surface area contributed by atoms with Crippen molar-refractivity contribution in [3.63, 3.8) is 0 Å². The molecule has 1 unspecified atom stereocenters. The number of rotatable bonds is 9. The van der Waals surface area contributed by atoms with Gasteiger partial charge in [0.1, 0.15) is 11.6 Å². The smallest absolute Gasteiger partial charge is 0.407 e. The van der Waals surface area contributed by atoms with Crippen LogP contribution in [0.2, 0.25) is 0 Å². The second kappa shape index (κ2) is 12.1. The van der Waals surface area contributed by atoms with Gasteiger partial charge in [-0.05, 0) is 49.9 Å². The van der Waals surface area contributed by atoms with Crippen molar-refractivity contribution >= 4 is 46.1 Å². The SMILES string of the molecule is COC(=O)C(CNC(=O)OC(C)(C)C)NC(=O)c1sc(C(=O)NCc2cccc3[nH]ncc23)cc1C(C)C. The van der Waals surface area contributed by atoms with Crippen LogP contribution in [-0.2, 0) is 20.8 Å². The number of aromatic amines is 1. The molecule has 0 aliphatic heterocycles. The van der Waals surface area contributed by atoms with Gasteiger partial charge in [0.25, 0.3) is 11.8 Å². The number of fused-ring (bicyclic) bond motifs is 1. The van der Waals surface area contributed by atoms with E-state index in [1.54, 1.807) is 33.0 Å². The third-order valence-electron chi connectivity index (χ3n) is 5.47. The number of esters is 1. The second-order valence-corrected chi connectivity index (χ2v) is 11.0. The molecule has 204 valence electrons. The number of methoxy groups -OCH3 is 1. The van der Waals surface area contributed by atoms with Crippen molar-refractivity contribution in [2.75, 3.05) is 13.7 Å². The van der Waals surface area contributed by atoms with E-state index < -0.39 is 29.6 Å². The maximum absolute atomic E-state index is 13.2. The molecule has 4 N–H and O–H groups in total. The molecule has 11 nitrogen and oxygen atoms in total. The highest BCUT2D eigenvalue weighted by Gasteiger charge is 2.28. The summed E-state index contributed by atoms with van der Waals surface area (Å²) in [6.45, 7) is 8.99. The lowest BCUT2D eigenvalue weighted by Gasteiger charge is -2.21. The van der Waals surface area contributed by atoms with Gasteiger partial charge in [0, 0.05) is 11.9 Å². The summed E-state index contributed by atoms with van der Waals surface area (Å²) in [5, 5.41) is 15.8. The molecule has 12 heteroatoms. The van der Waals surface area contributed by atoms with Gasteiger partial charge < -0.3 is 25.4 Å². The topological polar surface area (TPSA) is 152 Å². The number of carbonyl (C=O) groups excluding carboxylic acids is 4. The van der Waals surface area contributed by atoms with Crippen molar-refractivity contribution in [2.45, 2.75) is 58.7 Å². The Hall–Kier alpha value is -3.93. The molecule has 1 aromatic carbocycles. The minimum Gasteiger partial charge on any atom is -0.467 e. The molecule has 3 rings (SSSR count). The molecule has 3 amide bonds. The molecule has 2 aromatic heterocycles. The summed E-state index contributed by atoms with van der Waals surface area (Å²) in [5.41, 5.74) is 1.72. The van der Waals surface area contributed by atoms with Crippen molar-refractivity contribution in [3.8, 4) is 0 Å². The number of hydrogen-bond acceptors (Lipinski definition) is 8. The number of hydrogen-bond donors (Lipinski definition) is 4. The number of thiophene rings is 1. The molecular weight excluding hydrogens is 510 g/mol. The highest BCUT2D eigenvalue weighted by atomic mass is 32.1. The number of carbonyl (C=O) groups is 4. The number of nitrogens with one attached hydrogen (secondary N) is 4. The van der Waals surface area contributed by atoms with Crippen molar-refractivity contribution in [3.05, 3.63) is 51.3 Å². The fraction of sp³-hybridized carbons (Fsp3) is 0.423. The average molecular weight is 544 g/mol. The highest BCUT2D eigenvalue weighted by molar-refractivity contribution is 7.16. The van der Waals surface area contributed by atoms with Crippen LogP contribution in [0.3, 0.4) is 0 Å². The van der Waals surface area contributed by atoms with Gasteiger partial charge in [-0.25, -0.2) is 9.59 Å². The Kier molecular flexibility index (Phi) is 9.10. The van der Waals surface area contributed by atoms with E-state index in [9.17, 15) is 19.2 Å². The summed E-state index contributed by atoms with van der Waals surface area (Å²) in [6, 6.07) is 6.21. The van der Waals surface area contributed by atoms with Gasteiger partial charge >= 0.3 is 12.1 Å². The van der Waals surface area contributed by atoms with Crippen LogP contribution < -0.4 is 16.0 Å². The summed E-state index contributed by atoms with van der Waals surface area (Å²) < 4.78 is 9.97. The monoisotopic (exact) mass is 543 g/mol. The van der Waals surface area contributed by atoms with Crippen LogP contribution in [0.25, 0.3) is 10.9 Å². The van der Waals surface area contributed by atoms with Crippen molar-refractivity contribution in [1.82, 2.24) is 26.1 Å². The van der Waals surface area contributed by atoms with Crippen LogP contribution in [0.5, 0.6) is 0 Å². The predicted octanol–water partition coefficient (Wildman–Crippen LogP) is 3.47. The summed E-state index contributed by atoms with van der Waals surface area (Å²) in [5.74, 6) is -1.68. The molecular formula is C26H33N5O6S. The fourth-order valence-corrected chi connectivity index (χ4v) is 4.76. The summed E-state index contributed by atoms with van der Waals surface area (Å²) in [6.07, 6.45) is 0.973. The lowest BCUT2D eigenvalue weighted by atomic mass is 10.0. The summed E-state index contributed by atoms with van der Waals surface area (Å²) >= 11 is 1.03. The Morgan fingerprint density at radius 1 is 1.11 bits per heavy atom. The third kappa shape index (κ3) is 7.31. The van der Waals surface area contributed by atoms with Gasteiger partial charge in [0.2, 0.25) is 0 Å². The largest absolute Gasteiger partial charge is 0.467 e. The highest BCUT2D eigenvalue weighted by Crippen LogP contribution is 2.29. The van der Waals surface area contributed by atoms with Crippen LogP contribution in [-0.4, -0.2) is 59.4 Å². The van der Waals surface area contributed by atoms with Crippen LogP contribution in [0.15, 0.2) is 30.5 Å². The molecule has 0 saturated carbocycles. The zero-order valence-corrected chi connectivity index (χ0v) is 23.1. The van der Waals surface area contributed by atoms with E-state index in [-0.39, 0.29) is 24.9 Å². The zero-order valence-electron chi connectivity index (χ0n) is 22.3. The number of benzene rings is 1. The number of amides is 3. The van der Waals surface area contributed by atoms with Gasteiger partial charge in [-0.1, -0.05) is 26.0 Å². The molecule has 2 heterocycles. The standard InChI is InChI=1S/C26H33N5O6S/c1-14(2)16-10-20(22(32)27-11-15-8-7-9-18-17(15)12-29-31-18)38-21(16)23(33)30-19(24(34)36-6)13-28-25(35)37-26(3,4)5/h7-10,12,14,19H,11,13H2,1-6H3,(H,27,32)(H,28,35)(H,29,31)(H,30,33). The van der Waals surface area contributed by atoms with E-state index in [0.717, 1.165) is 27.8 Å². The van der Waals surface area contributed by atoms with Crippen LogP contribution in [0.1, 0.15) is 71.0 Å². The van der Waals surface area contributed by atoms with Crippen LogP contribution in [0, 0.1) is 0 Å². The van der Waals surface area contributed by atoms with Crippen LogP contribution >= 0.6 is 11.3 Å². The Labute approximate surface area is 224 Å². The second-order valence-electron chi connectivity index (χ2n) is 9.91. The normalized spacial score (nSPS) is 12.2. The molecule has 3 aromatic rings. The number of H-pyrrole nitrogens is 1. The predicted molar refractivity (Wildman–Crippen MR) is 143 cm³/mol. The molecule has 0 bridgehead atoms. The van der Waals surface area contributed by atoms with Gasteiger partial charge in [0.15, 0.2) is 0 Å². The zero-order chi connectivity index (χ0) is 28.0. The lowest BCUT2D eigenvalue weighted by molar-refractivity contribution is -0.142. The Morgan fingerprint density at radius 3 is 2.50 bits per heavy atom. The van der Waals surface area contributed by atoms with Crippen molar-refractivity contribution < 1.29 is 28.7 Å². The van der Waals surface area contributed by atoms with Crippen molar-refractivity contribution in [2.24, 2.45) is 0 Å². The maximum atomic E-state index is 13.2. The lowest BCUT2D eigenvalue weighted by Crippen LogP contribution is -2.49. The van der Waals surface area contributed by atoms with Gasteiger partial charge in [-0.15, -0.1) is 11.3 Å². The number of alkyl carbamates (subject to hydrolysis) is 1. The van der Waals surface area contributed by atoms with E-state index >= 15 is 0 Å². The molecule has 0 aliphatic rings. The third-order valence-corrected chi connectivity index (χ3v) is 6.62. The summed E-state index contributed by atoms with van der Waals surface area (Å²) in [4.78, 5) is 51.2. The van der Waals surface area contributed by atoms with E-state index in [0.29, 0.717) is 15.3 Å². The molecule has 0 aliphatic carbocycles. The molecule has 0 saturated heterocycles. The van der Waals surface area contributed by atoms with Crippen LogP contribution in [0.4, 0.5) is 4.79 Å². The van der Waals surface area contributed by atoms with E-state index in [1.165, 1.54) is 7.11 Å². The summed E-state index contributed by atoms with van der Waals surface area (Å²) in [7, 11) is 1.19. The minimum absolute atomic E-state index is 0.0651. The maximum Gasteiger partial charge on any atom is 0.407 e. The van der Waals surface area contributed by atoms with E-state index in [4.69, 9.17) is 9.47 Å². The van der Waals surface area contributed by atoms with Crippen molar-refractivity contribution in [1.29, 1.82) is 0 Å². The van der Waals surface area contributed by atoms with Gasteiger partial charge in [0.05, 0.1) is 35.1 Å². The first-order valence-corrected chi connectivity index (χ1v) is 12.9.